The van der Waals surface area contributed by atoms with Gasteiger partial charge in [0.05, 0.1) is 11.4 Å². The summed E-state index contributed by atoms with van der Waals surface area (Å²) < 4.78 is 0. The maximum Gasteiger partial charge on any atom is 0.171 e. The number of piperidine rings is 1. The first-order valence-corrected chi connectivity index (χ1v) is 7.47. The first kappa shape index (κ1) is 14.5. The average molecular weight is 283 g/mol. The van der Waals surface area contributed by atoms with Crippen LogP contribution < -0.4 is 5.32 Å². The van der Waals surface area contributed by atoms with Gasteiger partial charge in [0.15, 0.2) is 11.0 Å². The zero-order valence-corrected chi connectivity index (χ0v) is 12.8. The molecule has 0 aliphatic carbocycles. The van der Waals surface area contributed by atoms with Gasteiger partial charge in [-0.15, -0.1) is 0 Å². The molecule has 1 aliphatic heterocycles. The molecule has 1 aromatic heterocycles. The molecule has 1 fully saturated rings. The van der Waals surface area contributed by atoms with E-state index >= 15 is 0 Å². The van der Waals surface area contributed by atoms with Gasteiger partial charge in [-0.3, -0.25) is 0 Å². The summed E-state index contributed by atoms with van der Waals surface area (Å²) in [4.78, 5) is 11.3. The summed E-state index contributed by atoms with van der Waals surface area (Å²) in [6, 6.07) is 0.460. The minimum absolute atomic E-state index is 0.460. The Hall–Kier alpha value is -0.870. The zero-order chi connectivity index (χ0) is 13.8. The Labute approximate surface area is 120 Å². The number of nitrogens with one attached hydrogen (secondary N) is 1. The van der Waals surface area contributed by atoms with E-state index in [4.69, 9.17) is 11.6 Å². The number of nitrogens with zero attached hydrogens (tertiary/aromatic N) is 3. The molecule has 0 spiro atoms. The molecule has 1 aliphatic rings. The second-order valence-electron chi connectivity index (χ2n) is 5.29. The molecule has 1 saturated heterocycles. The maximum absolute atomic E-state index is 6.15. The van der Waals surface area contributed by atoms with Crippen LogP contribution in [0, 0.1) is 13.8 Å². The van der Waals surface area contributed by atoms with Crippen molar-refractivity contribution in [3.05, 3.63) is 16.5 Å². The van der Waals surface area contributed by atoms with Gasteiger partial charge < -0.3 is 10.2 Å². The molecule has 0 atom stereocenters. The highest BCUT2D eigenvalue weighted by Gasteiger charge is 2.20. The van der Waals surface area contributed by atoms with E-state index in [-0.39, 0.29) is 0 Å². The van der Waals surface area contributed by atoms with Gasteiger partial charge in [-0.2, -0.15) is 0 Å². The number of aryl methyl sites for hydroxylation is 2. The number of halogens is 1. The van der Waals surface area contributed by atoms with Crippen LogP contribution in [0.25, 0.3) is 0 Å². The van der Waals surface area contributed by atoms with Crippen molar-refractivity contribution in [2.45, 2.75) is 46.1 Å². The number of aromatic nitrogens is 2. The number of rotatable bonds is 4. The summed E-state index contributed by atoms with van der Waals surface area (Å²) in [6.07, 6.45) is 3.52. The fourth-order valence-electron chi connectivity index (χ4n) is 2.48. The molecule has 19 heavy (non-hydrogen) atoms. The lowest BCUT2D eigenvalue weighted by atomic mass is 10.0. The summed E-state index contributed by atoms with van der Waals surface area (Å²) in [5.74, 6) is 0.735. The number of hydrogen-bond donors (Lipinski definition) is 1. The van der Waals surface area contributed by atoms with Crippen LogP contribution in [-0.4, -0.2) is 40.5 Å². The molecule has 0 amide bonds. The topological polar surface area (TPSA) is 41.0 Å². The average Bonchev–Trinajstić information content (AvgIpc) is 2.38. The minimum atomic E-state index is 0.460. The molecule has 2 rings (SSSR count). The van der Waals surface area contributed by atoms with Crippen molar-refractivity contribution in [1.29, 1.82) is 0 Å². The number of hydrogen-bond acceptors (Lipinski definition) is 4. The van der Waals surface area contributed by atoms with Crippen LogP contribution in [-0.2, 0) is 0 Å². The summed E-state index contributed by atoms with van der Waals surface area (Å²) in [5.41, 5.74) is 1.84. The lowest BCUT2D eigenvalue weighted by Gasteiger charge is -2.32. The molecule has 4 nitrogen and oxygen atoms in total. The molecule has 5 heteroatoms. The molecule has 0 bridgehead atoms. The first-order chi connectivity index (χ1) is 9.10. The molecule has 0 saturated carbocycles. The van der Waals surface area contributed by atoms with Crippen LogP contribution in [0.1, 0.15) is 37.6 Å². The van der Waals surface area contributed by atoms with Crippen LogP contribution in [0.4, 0.5) is 5.82 Å². The number of likely N-dealkylation sites (tertiary alicyclic amines) is 1. The highest BCUT2D eigenvalue weighted by molar-refractivity contribution is 6.31. The minimum Gasteiger partial charge on any atom is -0.365 e. The fourth-order valence-corrected chi connectivity index (χ4v) is 2.70. The van der Waals surface area contributed by atoms with Crippen LogP contribution in [0.3, 0.4) is 0 Å². The van der Waals surface area contributed by atoms with Gasteiger partial charge in [0, 0.05) is 19.1 Å². The normalized spacial score (nSPS) is 17.7. The Kier molecular flexibility index (Phi) is 4.99. The molecule has 0 radical (unpaired) electrons. The zero-order valence-electron chi connectivity index (χ0n) is 12.0. The van der Waals surface area contributed by atoms with E-state index < -0.39 is 0 Å². The van der Waals surface area contributed by atoms with Crippen LogP contribution >= 0.6 is 11.6 Å². The van der Waals surface area contributed by atoms with Crippen molar-refractivity contribution in [2.24, 2.45) is 0 Å². The third-order valence-electron chi connectivity index (χ3n) is 3.73. The Balaban J connectivity index is 1.94. The molecule has 0 unspecified atom stereocenters. The predicted octanol–water partition coefficient (Wildman–Crippen LogP) is 3.03. The first-order valence-electron chi connectivity index (χ1n) is 7.09. The van der Waals surface area contributed by atoms with Crippen molar-refractivity contribution in [1.82, 2.24) is 14.9 Å². The van der Waals surface area contributed by atoms with Crippen LogP contribution in [0.2, 0.25) is 5.15 Å². The largest absolute Gasteiger partial charge is 0.365 e. The van der Waals surface area contributed by atoms with Crippen molar-refractivity contribution >= 4 is 17.4 Å². The molecule has 0 aromatic carbocycles. The summed E-state index contributed by atoms with van der Waals surface area (Å²) in [5, 5.41) is 3.93. The third kappa shape index (κ3) is 3.80. The van der Waals surface area contributed by atoms with E-state index in [2.05, 4.69) is 27.1 Å². The monoisotopic (exact) mass is 282 g/mol. The quantitative estimate of drug-likeness (QED) is 0.922. The maximum atomic E-state index is 6.15. The van der Waals surface area contributed by atoms with E-state index in [1.165, 1.54) is 13.0 Å². The van der Waals surface area contributed by atoms with E-state index in [1.807, 2.05) is 13.8 Å². The fraction of sp³-hybridized carbons (Fsp3) is 0.714. The smallest absolute Gasteiger partial charge is 0.171 e. The van der Waals surface area contributed by atoms with Gasteiger partial charge in [-0.1, -0.05) is 18.5 Å². The van der Waals surface area contributed by atoms with Gasteiger partial charge in [-0.25, -0.2) is 9.97 Å². The summed E-state index contributed by atoms with van der Waals surface area (Å²) in [7, 11) is 0. The highest BCUT2D eigenvalue weighted by Crippen LogP contribution is 2.22. The Bertz CT molecular complexity index is 428. The Morgan fingerprint density at radius 2 is 1.84 bits per heavy atom. The summed E-state index contributed by atoms with van der Waals surface area (Å²) >= 11 is 6.15. The van der Waals surface area contributed by atoms with Gasteiger partial charge in [0.1, 0.15) is 0 Å². The van der Waals surface area contributed by atoms with E-state index in [0.717, 1.165) is 43.1 Å². The van der Waals surface area contributed by atoms with Gasteiger partial charge in [0.2, 0.25) is 0 Å². The van der Waals surface area contributed by atoms with Crippen LogP contribution in [0.15, 0.2) is 0 Å². The van der Waals surface area contributed by atoms with Crippen molar-refractivity contribution < 1.29 is 0 Å². The lowest BCUT2D eigenvalue weighted by Crippen LogP contribution is -2.39. The van der Waals surface area contributed by atoms with Gasteiger partial charge in [-0.05, 0) is 39.7 Å². The van der Waals surface area contributed by atoms with Crippen molar-refractivity contribution in [3.63, 3.8) is 0 Å². The second-order valence-corrected chi connectivity index (χ2v) is 5.65. The molecular formula is C14H23ClN4. The van der Waals surface area contributed by atoms with Crippen molar-refractivity contribution in [2.75, 3.05) is 25.0 Å². The standard InChI is InChI=1S/C14H23ClN4/c1-4-7-19-8-5-12(6-9-19)18-14-13(15)16-10(2)11(3)17-14/h12H,4-9H2,1-3H3,(H,17,18). The van der Waals surface area contributed by atoms with E-state index in [0.29, 0.717) is 11.2 Å². The molecule has 106 valence electrons. The lowest BCUT2D eigenvalue weighted by molar-refractivity contribution is 0.219. The Morgan fingerprint density at radius 1 is 1.21 bits per heavy atom. The third-order valence-corrected chi connectivity index (χ3v) is 4.00. The van der Waals surface area contributed by atoms with Gasteiger partial charge >= 0.3 is 0 Å². The Morgan fingerprint density at radius 3 is 2.47 bits per heavy atom. The van der Waals surface area contributed by atoms with Gasteiger partial charge in [0.25, 0.3) is 0 Å². The summed E-state index contributed by atoms with van der Waals surface area (Å²) in [6.45, 7) is 9.64. The molecule has 2 heterocycles. The van der Waals surface area contributed by atoms with E-state index in [1.54, 1.807) is 0 Å². The SMILES string of the molecule is CCCN1CCC(Nc2nc(C)c(C)nc2Cl)CC1. The predicted molar refractivity (Wildman–Crippen MR) is 79.9 cm³/mol. The molecule has 1 aromatic rings. The second kappa shape index (κ2) is 6.53. The highest BCUT2D eigenvalue weighted by atomic mass is 35.5. The molecular weight excluding hydrogens is 260 g/mol. The van der Waals surface area contributed by atoms with Crippen molar-refractivity contribution in [3.8, 4) is 0 Å². The van der Waals surface area contributed by atoms with Crippen LogP contribution in [0.5, 0.6) is 0 Å². The molecule has 1 N–H and O–H groups in total. The number of anilines is 1. The van der Waals surface area contributed by atoms with E-state index in [9.17, 15) is 0 Å².